The van der Waals surface area contributed by atoms with Gasteiger partial charge in [-0.25, -0.2) is 0 Å². The molecule has 0 spiro atoms. The molecule has 0 aromatic heterocycles. The quantitative estimate of drug-likeness (QED) is 0.272. The third kappa shape index (κ3) is 4.10. The number of rotatable bonds is 5. The number of esters is 1. The Hall–Kier alpha value is -1.32. The van der Waals surface area contributed by atoms with Crippen LogP contribution in [0.2, 0.25) is 0 Å². The number of carbonyl (C=O) groups is 2. The van der Waals surface area contributed by atoms with Gasteiger partial charge >= 0.3 is 11.9 Å². The molecule has 0 aromatic rings. The molecule has 0 aliphatic heterocycles. The lowest BCUT2D eigenvalue weighted by Gasteiger charge is -2.73. The molecule has 5 saturated carbocycles. The molecule has 5 rings (SSSR count). The van der Waals surface area contributed by atoms with Gasteiger partial charge in [-0.1, -0.05) is 53.7 Å². The molecule has 0 heterocycles. The van der Waals surface area contributed by atoms with E-state index in [4.69, 9.17) is 4.74 Å². The number of hydrogen-bond donors (Lipinski definition) is 1. The molecule has 0 aromatic carbocycles. The summed E-state index contributed by atoms with van der Waals surface area (Å²) < 4.78 is 6.14. The maximum Gasteiger partial charge on any atom is 0.309 e. The van der Waals surface area contributed by atoms with E-state index in [0.717, 1.165) is 24.7 Å². The molecule has 5 fully saturated rings. The third-order valence-corrected chi connectivity index (χ3v) is 14.9. The number of aliphatic carboxylic acids is 1. The van der Waals surface area contributed by atoms with Gasteiger partial charge in [0.15, 0.2) is 0 Å². The summed E-state index contributed by atoms with van der Waals surface area (Å²) in [7, 11) is 0. The van der Waals surface area contributed by atoms with E-state index in [-0.39, 0.29) is 29.3 Å². The summed E-state index contributed by atoms with van der Waals surface area (Å²) in [6.45, 7) is 25.2. The van der Waals surface area contributed by atoms with Crippen LogP contribution in [0.3, 0.4) is 0 Å². The molecule has 0 unspecified atom stereocenters. The van der Waals surface area contributed by atoms with Crippen molar-refractivity contribution in [3.05, 3.63) is 12.2 Å². The molecule has 226 valence electrons. The van der Waals surface area contributed by atoms with Crippen LogP contribution in [-0.2, 0) is 14.3 Å². The van der Waals surface area contributed by atoms with Crippen LogP contribution in [0.15, 0.2) is 12.2 Å². The first-order chi connectivity index (χ1) is 18.3. The summed E-state index contributed by atoms with van der Waals surface area (Å²) in [5, 5.41) is 9.52. The van der Waals surface area contributed by atoms with Crippen LogP contribution in [0.25, 0.3) is 0 Å². The van der Waals surface area contributed by atoms with Crippen molar-refractivity contribution in [2.45, 2.75) is 139 Å². The zero-order chi connectivity index (χ0) is 29.7. The molecule has 4 nitrogen and oxygen atoms in total. The van der Waals surface area contributed by atoms with Crippen molar-refractivity contribution in [2.24, 2.45) is 62.1 Å². The van der Waals surface area contributed by atoms with E-state index >= 15 is 0 Å². The monoisotopic (exact) mass is 554 g/mol. The van der Waals surface area contributed by atoms with Crippen LogP contribution in [-0.4, -0.2) is 23.1 Å². The minimum atomic E-state index is -1.11. The summed E-state index contributed by atoms with van der Waals surface area (Å²) in [5.41, 5.74) is 1.59. The van der Waals surface area contributed by atoms with Crippen LogP contribution in [0.4, 0.5) is 0 Å². The Labute approximate surface area is 244 Å². The number of carbonyl (C=O) groups excluding carboxylic acids is 1. The van der Waals surface area contributed by atoms with Crippen LogP contribution >= 0.6 is 0 Å². The highest BCUT2D eigenvalue weighted by molar-refractivity contribution is 5.81. The Morgan fingerprint density at radius 1 is 0.850 bits per heavy atom. The standard InChI is InChI=1S/C36H58O4/c1-22(2)23-13-16-33(7)19-20-35(9)24(29(23)33)11-12-26-34(8)17-15-27(40-28(37)21-31(3,4)30(38)39)32(5,6)25(34)14-18-36(26,35)10/h23-27,29H,1,11-21H2,2-10H3,(H,38,39)/t23-,24+,25-,26+,27-,29+,33+,34-,35+,36+/m0/s1. The van der Waals surface area contributed by atoms with Crippen molar-refractivity contribution in [1.29, 1.82) is 0 Å². The maximum absolute atomic E-state index is 12.9. The Morgan fingerprint density at radius 2 is 1.52 bits per heavy atom. The van der Waals surface area contributed by atoms with Gasteiger partial charge < -0.3 is 9.84 Å². The van der Waals surface area contributed by atoms with Gasteiger partial charge in [0, 0.05) is 5.41 Å². The number of fused-ring (bicyclic) bond motifs is 7. The van der Waals surface area contributed by atoms with Crippen molar-refractivity contribution in [2.75, 3.05) is 0 Å². The van der Waals surface area contributed by atoms with E-state index in [2.05, 4.69) is 55.0 Å². The number of carboxylic acid groups (broad SMARTS) is 1. The Kier molecular flexibility index (Phi) is 7.04. The van der Waals surface area contributed by atoms with E-state index < -0.39 is 11.4 Å². The summed E-state index contributed by atoms with van der Waals surface area (Å²) in [5.74, 6) is 2.14. The largest absolute Gasteiger partial charge is 0.481 e. The second-order valence-electron chi connectivity index (χ2n) is 17.5. The molecule has 0 amide bonds. The predicted molar refractivity (Wildman–Crippen MR) is 161 cm³/mol. The van der Waals surface area contributed by atoms with E-state index in [0.29, 0.717) is 34.0 Å². The number of ether oxygens (including phenoxy) is 1. The molecule has 0 saturated heterocycles. The number of allylic oxidation sites excluding steroid dienone is 1. The van der Waals surface area contributed by atoms with Gasteiger partial charge in [-0.15, -0.1) is 0 Å². The first-order valence-electron chi connectivity index (χ1n) is 16.4. The van der Waals surface area contributed by atoms with Gasteiger partial charge in [-0.05, 0) is 136 Å². The van der Waals surface area contributed by atoms with Crippen molar-refractivity contribution >= 4 is 11.9 Å². The minimum Gasteiger partial charge on any atom is -0.481 e. The summed E-state index contributed by atoms with van der Waals surface area (Å²) in [4.78, 5) is 24.6. The van der Waals surface area contributed by atoms with E-state index in [1.807, 2.05) is 0 Å². The lowest BCUT2D eigenvalue weighted by molar-refractivity contribution is -0.249. The highest BCUT2D eigenvalue weighted by Crippen LogP contribution is 2.77. The van der Waals surface area contributed by atoms with Crippen molar-refractivity contribution in [3.8, 4) is 0 Å². The SMILES string of the molecule is C=C(C)[C@@H]1CC[C@]2(C)CC[C@]3(C)[C@H](CC[C@@H]4[C@@]5(C)CC[C@H](OC(=O)CC(C)(C)C(=O)O)C(C)(C)[C@@H]5CC[C@]43C)[C@@H]12. The van der Waals surface area contributed by atoms with Gasteiger partial charge in [0.1, 0.15) is 6.10 Å². The van der Waals surface area contributed by atoms with Crippen LogP contribution < -0.4 is 0 Å². The minimum absolute atomic E-state index is 0.0808. The molecule has 10 atom stereocenters. The van der Waals surface area contributed by atoms with Crippen LogP contribution in [0.5, 0.6) is 0 Å². The highest BCUT2D eigenvalue weighted by Gasteiger charge is 2.70. The fourth-order valence-electron chi connectivity index (χ4n) is 12.3. The third-order valence-electron chi connectivity index (χ3n) is 14.9. The number of hydrogen-bond acceptors (Lipinski definition) is 3. The second kappa shape index (κ2) is 9.34. The molecule has 5 aliphatic rings. The van der Waals surface area contributed by atoms with E-state index in [9.17, 15) is 14.7 Å². The van der Waals surface area contributed by atoms with Crippen molar-refractivity contribution < 1.29 is 19.4 Å². The van der Waals surface area contributed by atoms with Gasteiger partial charge in [-0.2, -0.15) is 0 Å². The molecule has 5 aliphatic carbocycles. The average molecular weight is 555 g/mol. The smallest absolute Gasteiger partial charge is 0.309 e. The maximum atomic E-state index is 12.9. The molecule has 0 bridgehead atoms. The Balaban J connectivity index is 1.40. The average Bonchev–Trinajstić information content (AvgIpc) is 3.19. The molecular weight excluding hydrogens is 496 g/mol. The summed E-state index contributed by atoms with van der Waals surface area (Å²) in [6, 6.07) is 0. The first-order valence-corrected chi connectivity index (χ1v) is 16.4. The van der Waals surface area contributed by atoms with Gasteiger partial charge in [0.05, 0.1) is 11.8 Å². The highest BCUT2D eigenvalue weighted by atomic mass is 16.5. The molecule has 1 N–H and O–H groups in total. The Morgan fingerprint density at radius 3 is 2.15 bits per heavy atom. The van der Waals surface area contributed by atoms with Gasteiger partial charge in [-0.3, -0.25) is 9.59 Å². The van der Waals surface area contributed by atoms with E-state index in [1.165, 1.54) is 56.9 Å². The fraction of sp³-hybridized carbons (Fsp3) is 0.889. The van der Waals surface area contributed by atoms with Crippen molar-refractivity contribution in [3.63, 3.8) is 0 Å². The topological polar surface area (TPSA) is 63.6 Å². The van der Waals surface area contributed by atoms with Gasteiger partial charge in [0.2, 0.25) is 0 Å². The lowest BCUT2D eigenvalue weighted by Crippen LogP contribution is -2.66. The lowest BCUT2D eigenvalue weighted by atomic mass is 9.32. The Bertz CT molecular complexity index is 1070. The van der Waals surface area contributed by atoms with Crippen LogP contribution in [0.1, 0.15) is 133 Å². The molecular formula is C36H58O4. The predicted octanol–water partition coefficient (Wildman–Crippen LogP) is 9.08. The molecule has 4 heteroatoms. The molecule has 40 heavy (non-hydrogen) atoms. The zero-order valence-electron chi connectivity index (χ0n) is 27.1. The zero-order valence-corrected chi connectivity index (χ0v) is 27.1. The summed E-state index contributed by atoms with van der Waals surface area (Å²) in [6.07, 6.45) is 12.3. The normalized spacial score (nSPS) is 47.7. The fourth-order valence-corrected chi connectivity index (χ4v) is 12.3. The van der Waals surface area contributed by atoms with E-state index in [1.54, 1.807) is 13.8 Å². The summed E-state index contributed by atoms with van der Waals surface area (Å²) >= 11 is 0. The van der Waals surface area contributed by atoms with Crippen LogP contribution in [0, 0.1) is 62.1 Å². The van der Waals surface area contributed by atoms with Gasteiger partial charge in [0.25, 0.3) is 0 Å². The molecule has 0 radical (unpaired) electrons. The number of carboxylic acids is 1. The van der Waals surface area contributed by atoms with Crippen molar-refractivity contribution in [1.82, 2.24) is 0 Å². The first kappa shape index (κ1) is 30.1. The second-order valence-corrected chi connectivity index (χ2v) is 17.5.